The summed E-state index contributed by atoms with van der Waals surface area (Å²) in [5, 5.41) is 21.5. The average Bonchev–Trinajstić information content (AvgIpc) is 3.35. The van der Waals surface area contributed by atoms with Crippen LogP contribution in [0.1, 0.15) is 18.4 Å². The molecule has 9 heteroatoms. The van der Waals surface area contributed by atoms with E-state index >= 15 is 0 Å². The molecule has 1 aliphatic heterocycles. The maximum atomic E-state index is 9.68. The number of benzene rings is 2. The molecule has 0 amide bonds. The minimum atomic E-state index is 0. The van der Waals surface area contributed by atoms with Gasteiger partial charge in [-0.05, 0) is 42.3 Å². The molecule has 6 nitrogen and oxygen atoms in total. The molecular weight excluding hydrogens is 583 g/mol. The third-order valence-electron chi connectivity index (χ3n) is 5.55. The number of rotatable bonds is 9. The van der Waals surface area contributed by atoms with Gasteiger partial charge in [0.05, 0.1) is 37.6 Å². The Morgan fingerprint density at radius 1 is 1.06 bits per heavy atom. The van der Waals surface area contributed by atoms with Gasteiger partial charge in [-0.25, -0.2) is 0 Å². The third-order valence-corrected chi connectivity index (χ3v) is 7.77. The van der Waals surface area contributed by atoms with Gasteiger partial charge in [0.15, 0.2) is 6.54 Å². The average molecular weight is 613 g/mol. The Labute approximate surface area is 225 Å². The highest BCUT2D eigenvalue weighted by atomic mass is 127. The number of ether oxygens (including phenoxy) is 2. The Hall–Kier alpha value is -1.79. The summed E-state index contributed by atoms with van der Waals surface area (Å²) in [4.78, 5) is 3.29. The first-order valence-corrected chi connectivity index (χ1v) is 12.5. The fraction of sp³-hybridized carbons (Fsp3) is 0.320. The molecule has 0 bridgehead atoms. The lowest BCUT2D eigenvalue weighted by Crippen LogP contribution is -3.00. The van der Waals surface area contributed by atoms with E-state index < -0.39 is 0 Å². The molecule has 0 aliphatic carbocycles. The number of β-amino-alcohol motifs (C(OH)–C–C–N with tert-alkyl or cyclic N) is 1. The fourth-order valence-electron chi connectivity index (χ4n) is 3.85. The largest absolute Gasteiger partial charge is 1.00 e. The molecule has 3 aromatic rings. The zero-order chi connectivity index (χ0) is 23.4. The van der Waals surface area contributed by atoms with Gasteiger partial charge in [-0.2, -0.15) is 4.57 Å². The lowest BCUT2D eigenvalue weighted by Gasteiger charge is -2.20. The molecule has 34 heavy (non-hydrogen) atoms. The number of hydrogen-bond acceptors (Lipinski definition) is 7. The van der Waals surface area contributed by atoms with Crippen molar-refractivity contribution in [1.82, 2.24) is 0 Å². The fourth-order valence-corrected chi connectivity index (χ4v) is 6.15. The number of methoxy groups -OCH3 is 2. The van der Waals surface area contributed by atoms with E-state index in [1.165, 1.54) is 5.57 Å². The molecule has 1 aliphatic rings. The van der Waals surface area contributed by atoms with Crippen LogP contribution >= 0.6 is 23.1 Å². The summed E-state index contributed by atoms with van der Waals surface area (Å²) in [6, 6.07) is 12.1. The Kier molecular flexibility index (Phi) is 9.66. The van der Waals surface area contributed by atoms with Crippen molar-refractivity contribution in [3.8, 4) is 11.5 Å². The molecule has 182 valence electrons. The van der Waals surface area contributed by atoms with Crippen molar-refractivity contribution < 1.29 is 48.2 Å². The number of fused-ring (bicyclic) bond motifs is 2. The van der Waals surface area contributed by atoms with Gasteiger partial charge in [0, 0.05) is 23.6 Å². The second-order valence-corrected chi connectivity index (χ2v) is 9.64. The molecular formula is C25H29IN2O4S2. The van der Waals surface area contributed by atoms with Crippen LogP contribution in [0.15, 0.2) is 58.0 Å². The van der Waals surface area contributed by atoms with E-state index in [1.807, 2.05) is 24.3 Å². The highest BCUT2D eigenvalue weighted by molar-refractivity contribution is 8.03. The number of hydrogen-bond donors (Lipinski definition) is 2. The molecule has 2 aromatic carbocycles. The number of halogens is 1. The Balaban J connectivity index is 0.00000324. The summed E-state index contributed by atoms with van der Waals surface area (Å²) in [5.41, 5.74) is 3.28. The minimum Gasteiger partial charge on any atom is -1.00 e. The van der Waals surface area contributed by atoms with Crippen molar-refractivity contribution >= 4 is 45.1 Å². The summed E-state index contributed by atoms with van der Waals surface area (Å²) in [5.74, 6) is 1.60. The normalized spacial score (nSPS) is 14.4. The maximum absolute atomic E-state index is 9.68. The Morgan fingerprint density at radius 2 is 1.79 bits per heavy atom. The number of nitrogens with zero attached hydrogens (tertiary/aromatic N) is 2. The van der Waals surface area contributed by atoms with Gasteiger partial charge in [-0.3, -0.25) is 0 Å². The zero-order valence-corrected chi connectivity index (χ0v) is 23.2. The van der Waals surface area contributed by atoms with Gasteiger partial charge in [-0.1, -0.05) is 30.0 Å². The summed E-state index contributed by atoms with van der Waals surface area (Å²) in [7, 11) is 3.33. The van der Waals surface area contributed by atoms with E-state index in [0.29, 0.717) is 13.1 Å². The predicted molar refractivity (Wildman–Crippen MR) is 135 cm³/mol. The summed E-state index contributed by atoms with van der Waals surface area (Å²) in [6.07, 6.45) is 5.25. The number of aliphatic hydroxyl groups excluding tert-OH is 2. The molecule has 0 atom stereocenters. The number of thioether (sulfide) groups is 1. The van der Waals surface area contributed by atoms with E-state index in [2.05, 4.69) is 40.7 Å². The van der Waals surface area contributed by atoms with Crippen LogP contribution in [0.2, 0.25) is 0 Å². The molecule has 4 rings (SSSR count). The van der Waals surface area contributed by atoms with Crippen LogP contribution in [0.3, 0.4) is 0 Å². The summed E-state index contributed by atoms with van der Waals surface area (Å²) in [6.45, 7) is 3.30. The monoisotopic (exact) mass is 612 g/mol. The Morgan fingerprint density at radius 3 is 2.47 bits per heavy atom. The van der Waals surface area contributed by atoms with Crippen molar-refractivity contribution in [2.75, 3.05) is 38.9 Å². The van der Waals surface area contributed by atoms with Gasteiger partial charge in [0.25, 0.3) is 5.01 Å². The number of allylic oxidation sites excluding steroid dienone is 2. The standard InChI is InChI=1S/C25H29N2O4S2.HI/c1-4-17(13-24-26(9-11-28)20-15-18(30-2)5-7-22(20)32-24)14-25-27(10-12-29)21-16-19(31-3)6-8-23(21)33-25;/h5-8,13-16,28-29H,4,9-12H2,1-3H3;1H/q+1;/p-1. The second kappa shape index (κ2) is 12.3. The maximum Gasteiger partial charge on any atom is 0.263 e. The van der Waals surface area contributed by atoms with Crippen LogP contribution in [-0.4, -0.2) is 44.2 Å². The first kappa shape index (κ1) is 26.8. The number of anilines is 1. The van der Waals surface area contributed by atoms with Crippen LogP contribution in [0.25, 0.3) is 16.3 Å². The molecule has 2 N–H and O–H groups in total. The lowest BCUT2D eigenvalue weighted by atomic mass is 10.2. The molecule has 0 radical (unpaired) electrons. The minimum absolute atomic E-state index is 0. The van der Waals surface area contributed by atoms with Crippen molar-refractivity contribution in [2.45, 2.75) is 24.8 Å². The summed E-state index contributed by atoms with van der Waals surface area (Å²) < 4.78 is 14.1. The van der Waals surface area contributed by atoms with E-state index in [-0.39, 0.29) is 37.2 Å². The first-order valence-electron chi connectivity index (χ1n) is 10.9. The highest BCUT2D eigenvalue weighted by Gasteiger charge is 2.26. The van der Waals surface area contributed by atoms with E-state index in [4.69, 9.17) is 9.47 Å². The number of thiazole rings is 1. The molecule has 1 aromatic heterocycles. The highest BCUT2D eigenvalue weighted by Crippen LogP contribution is 2.47. The number of aromatic nitrogens is 1. The molecule has 2 heterocycles. The molecule has 0 saturated heterocycles. The van der Waals surface area contributed by atoms with Gasteiger partial charge in [0.2, 0.25) is 5.52 Å². The van der Waals surface area contributed by atoms with Crippen molar-refractivity contribution in [3.05, 3.63) is 58.1 Å². The van der Waals surface area contributed by atoms with Crippen molar-refractivity contribution in [3.63, 3.8) is 0 Å². The van der Waals surface area contributed by atoms with Crippen LogP contribution in [0.5, 0.6) is 11.5 Å². The van der Waals surface area contributed by atoms with Crippen LogP contribution in [-0.2, 0) is 6.54 Å². The van der Waals surface area contributed by atoms with E-state index in [1.54, 1.807) is 37.3 Å². The quantitative estimate of drug-likeness (QED) is 0.282. The van der Waals surface area contributed by atoms with Gasteiger partial charge < -0.3 is 48.6 Å². The van der Waals surface area contributed by atoms with Crippen LogP contribution in [0.4, 0.5) is 5.69 Å². The second-order valence-electron chi connectivity index (χ2n) is 7.52. The zero-order valence-electron chi connectivity index (χ0n) is 19.5. The van der Waals surface area contributed by atoms with Crippen molar-refractivity contribution in [2.24, 2.45) is 0 Å². The topological polar surface area (TPSA) is 66.0 Å². The smallest absolute Gasteiger partial charge is 0.263 e. The van der Waals surface area contributed by atoms with Crippen molar-refractivity contribution in [1.29, 1.82) is 0 Å². The molecule has 0 fully saturated rings. The van der Waals surface area contributed by atoms with E-state index in [9.17, 15) is 10.2 Å². The number of aliphatic hydroxyl groups is 2. The summed E-state index contributed by atoms with van der Waals surface area (Å²) >= 11 is 3.40. The van der Waals surface area contributed by atoms with Crippen LogP contribution in [0, 0.1) is 0 Å². The third kappa shape index (κ3) is 5.54. The van der Waals surface area contributed by atoms with Gasteiger partial charge in [0.1, 0.15) is 22.8 Å². The van der Waals surface area contributed by atoms with Crippen LogP contribution < -0.4 is 42.9 Å². The predicted octanol–water partition coefficient (Wildman–Crippen LogP) is 1.44. The first-order chi connectivity index (χ1) is 16.1. The molecule has 0 unspecified atom stereocenters. The van der Waals surface area contributed by atoms with E-state index in [0.717, 1.165) is 48.8 Å². The molecule has 0 spiro atoms. The van der Waals surface area contributed by atoms with Gasteiger partial charge >= 0.3 is 0 Å². The Bertz CT molecular complexity index is 1210. The lowest BCUT2D eigenvalue weighted by molar-refractivity contribution is -0.670. The van der Waals surface area contributed by atoms with Gasteiger partial charge in [-0.15, -0.1) is 0 Å². The SMILES string of the molecule is CCC(/C=C1\Sc2ccc(OC)cc2N1CCO)=C\c1sc2ccc(OC)cc2[n+]1CCO.[I-]. The molecule has 0 saturated carbocycles.